The molecule has 2 N–H and O–H groups in total. The fourth-order valence-electron chi connectivity index (χ4n) is 5.82. The van der Waals surface area contributed by atoms with Gasteiger partial charge in [0.2, 0.25) is 5.91 Å². The Balaban J connectivity index is 1.51. The van der Waals surface area contributed by atoms with Crippen LogP contribution in [0.4, 0.5) is 5.69 Å². The number of amides is 1. The number of nitrogens with one attached hydrogen (secondary N) is 1. The lowest BCUT2D eigenvalue weighted by atomic mass is 9.88. The van der Waals surface area contributed by atoms with Crippen molar-refractivity contribution in [1.82, 2.24) is 4.90 Å². The standard InChI is InChI=1S/C37H37N3O3/c1-2-15-30(28-18-8-4-9-19-28)35(37(42)43)39-34(29-20-10-5-11-21-29)31-22-12-13-23-32(31)38-36(41)33-24-14-25-40(33)26-27-16-6-3-7-17-27/h2-13,16-23,30,33,35H,1,14-15,24-26H2,(H,38,41)(H,42,43)/t30-,33+,35+/m1/s1. The Morgan fingerprint density at radius 3 is 2.21 bits per heavy atom. The van der Waals surface area contributed by atoms with Gasteiger partial charge in [-0.25, -0.2) is 4.79 Å². The summed E-state index contributed by atoms with van der Waals surface area (Å²) >= 11 is 0. The van der Waals surface area contributed by atoms with Gasteiger partial charge in [0.25, 0.3) is 0 Å². The van der Waals surface area contributed by atoms with Crippen molar-refractivity contribution in [3.63, 3.8) is 0 Å². The molecule has 0 unspecified atom stereocenters. The second kappa shape index (κ2) is 14.4. The Morgan fingerprint density at radius 1 is 0.907 bits per heavy atom. The van der Waals surface area contributed by atoms with E-state index in [-0.39, 0.29) is 11.9 Å². The number of nitrogens with zero attached hydrogens (tertiary/aromatic N) is 2. The second-order valence-electron chi connectivity index (χ2n) is 10.8. The molecule has 6 heteroatoms. The van der Waals surface area contributed by atoms with E-state index in [4.69, 9.17) is 4.99 Å². The summed E-state index contributed by atoms with van der Waals surface area (Å²) in [5.74, 6) is -1.51. The number of aliphatic carboxylic acids is 1. The van der Waals surface area contributed by atoms with Gasteiger partial charge in [-0.15, -0.1) is 6.58 Å². The van der Waals surface area contributed by atoms with Gasteiger partial charge in [0.15, 0.2) is 6.04 Å². The summed E-state index contributed by atoms with van der Waals surface area (Å²) < 4.78 is 0. The number of likely N-dealkylation sites (tertiary alicyclic amines) is 1. The number of hydrogen-bond donors (Lipinski definition) is 2. The normalized spacial score (nSPS) is 16.7. The van der Waals surface area contributed by atoms with E-state index in [1.165, 1.54) is 5.56 Å². The number of carbonyl (C=O) groups excluding carboxylic acids is 1. The average molecular weight is 572 g/mol. The Bertz CT molecular complexity index is 1550. The topological polar surface area (TPSA) is 82.0 Å². The maximum Gasteiger partial charge on any atom is 0.329 e. The molecular weight excluding hydrogens is 534 g/mol. The van der Waals surface area contributed by atoms with Crippen LogP contribution >= 0.6 is 0 Å². The van der Waals surface area contributed by atoms with Crippen LogP contribution in [0.1, 0.15) is 47.4 Å². The largest absolute Gasteiger partial charge is 0.480 e. The number of aliphatic imine (C=N–C) groups is 1. The molecule has 3 atom stereocenters. The molecule has 0 spiro atoms. The van der Waals surface area contributed by atoms with Gasteiger partial charge >= 0.3 is 5.97 Å². The first-order valence-corrected chi connectivity index (χ1v) is 14.7. The zero-order chi connectivity index (χ0) is 30.0. The molecule has 6 nitrogen and oxygen atoms in total. The molecule has 1 amide bonds. The Labute approximate surface area is 253 Å². The third-order valence-electron chi connectivity index (χ3n) is 7.93. The fourth-order valence-corrected chi connectivity index (χ4v) is 5.82. The number of carbonyl (C=O) groups is 2. The van der Waals surface area contributed by atoms with Gasteiger partial charge in [0.1, 0.15) is 0 Å². The molecule has 5 rings (SSSR count). The predicted molar refractivity (Wildman–Crippen MR) is 172 cm³/mol. The maximum atomic E-state index is 13.7. The van der Waals surface area contributed by atoms with Crippen LogP contribution in [0, 0.1) is 0 Å². The Hall–Kier alpha value is -4.81. The van der Waals surface area contributed by atoms with E-state index in [0.717, 1.165) is 30.5 Å². The minimum atomic E-state index is -1.07. The van der Waals surface area contributed by atoms with E-state index >= 15 is 0 Å². The third kappa shape index (κ3) is 7.34. The molecule has 0 radical (unpaired) electrons. The van der Waals surface area contributed by atoms with E-state index in [0.29, 0.717) is 29.9 Å². The maximum absolute atomic E-state index is 13.7. The molecule has 4 aromatic rings. The molecule has 0 aromatic heterocycles. The number of allylic oxidation sites excluding steroid dienone is 1. The Kier molecular flexibility index (Phi) is 9.93. The predicted octanol–water partition coefficient (Wildman–Crippen LogP) is 6.94. The smallest absolute Gasteiger partial charge is 0.329 e. The molecule has 43 heavy (non-hydrogen) atoms. The van der Waals surface area contributed by atoms with Gasteiger partial charge in [-0.05, 0) is 43.0 Å². The van der Waals surface area contributed by atoms with Crippen LogP contribution in [0.5, 0.6) is 0 Å². The number of hydrogen-bond acceptors (Lipinski definition) is 4. The lowest BCUT2D eigenvalue weighted by molar-refractivity contribution is -0.139. The minimum absolute atomic E-state index is 0.0723. The van der Waals surface area contributed by atoms with Crippen LogP contribution in [0.15, 0.2) is 133 Å². The molecule has 1 saturated heterocycles. The van der Waals surface area contributed by atoms with Crippen molar-refractivity contribution in [1.29, 1.82) is 0 Å². The second-order valence-corrected chi connectivity index (χ2v) is 10.8. The number of carboxylic acid groups (broad SMARTS) is 1. The number of benzene rings is 4. The molecule has 0 aliphatic carbocycles. The molecule has 4 aromatic carbocycles. The van der Waals surface area contributed by atoms with E-state index in [9.17, 15) is 14.7 Å². The minimum Gasteiger partial charge on any atom is -0.480 e. The molecule has 1 aliphatic rings. The lowest BCUT2D eigenvalue weighted by Crippen LogP contribution is -2.39. The fraction of sp³-hybridized carbons (Fsp3) is 0.216. The Morgan fingerprint density at radius 2 is 1.53 bits per heavy atom. The zero-order valence-electron chi connectivity index (χ0n) is 24.2. The van der Waals surface area contributed by atoms with Crippen LogP contribution in [-0.4, -0.2) is 46.2 Å². The average Bonchev–Trinajstić information content (AvgIpc) is 3.51. The van der Waals surface area contributed by atoms with Crippen molar-refractivity contribution in [3.05, 3.63) is 150 Å². The quantitative estimate of drug-likeness (QED) is 0.143. The number of carboxylic acids is 1. The monoisotopic (exact) mass is 571 g/mol. The SMILES string of the molecule is C=CC[C@H](c1ccccc1)[C@H](N=C(c1ccccc1)c1ccccc1NC(=O)[C@@H]1CCCN1Cc1ccccc1)C(=O)O. The first-order chi connectivity index (χ1) is 21.0. The van der Waals surface area contributed by atoms with Crippen molar-refractivity contribution in [2.45, 2.75) is 43.8 Å². The summed E-state index contributed by atoms with van der Waals surface area (Å²) in [6.45, 7) is 5.45. The van der Waals surface area contributed by atoms with E-state index in [1.807, 2.05) is 103 Å². The first kappa shape index (κ1) is 29.7. The first-order valence-electron chi connectivity index (χ1n) is 14.7. The third-order valence-corrected chi connectivity index (χ3v) is 7.93. The van der Waals surface area contributed by atoms with Crippen LogP contribution in [0.2, 0.25) is 0 Å². The summed E-state index contributed by atoms with van der Waals surface area (Å²) in [6, 6.07) is 35.5. The van der Waals surface area contributed by atoms with Crippen LogP contribution in [-0.2, 0) is 16.1 Å². The van der Waals surface area contributed by atoms with Gasteiger partial charge in [-0.1, -0.05) is 115 Å². The molecule has 0 saturated carbocycles. The molecule has 1 fully saturated rings. The summed E-state index contributed by atoms with van der Waals surface area (Å²) in [6.07, 6.45) is 3.92. The highest BCUT2D eigenvalue weighted by molar-refractivity contribution is 6.17. The van der Waals surface area contributed by atoms with E-state index < -0.39 is 17.9 Å². The highest BCUT2D eigenvalue weighted by Gasteiger charge is 2.32. The van der Waals surface area contributed by atoms with Crippen molar-refractivity contribution in [2.75, 3.05) is 11.9 Å². The molecule has 218 valence electrons. The zero-order valence-corrected chi connectivity index (χ0v) is 24.2. The molecule has 1 aliphatic heterocycles. The number of para-hydroxylation sites is 1. The highest BCUT2D eigenvalue weighted by Crippen LogP contribution is 2.30. The van der Waals surface area contributed by atoms with Gasteiger partial charge in [0, 0.05) is 23.6 Å². The number of anilines is 1. The summed E-state index contributed by atoms with van der Waals surface area (Å²) in [4.78, 5) is 33.7. The van der Waals surface area contributed by atoms with Gasteiger partial charge in [-0.2, -0.15) is 0 Å². The van der Waals surface area contributed by atoms with Crippen molar-refractivity contribution < 1.29 is 14.7 Å². The molecule has 0 bridgehead atoms. The van der Waals surface area contributed by atoms with Crippen LogP contribution in [0.25, 0.3) is 0 Å². The van der Waals surface area contributed by atoms with Crippen LogP contribution in [0.3, 0.4) is 0 Å². The van der Waals surface area contributed by atoms with Gasteiger partial charge < -0.3 is 10.4 Å². The lowest BCUT2D eigenvalue weighted by Gasteiger charge is -2.25. The van der Waals surface area contributed by atoms with Crippen molar-refractivity contribution in [2.24, 2.45) is 4.99 Å². The summed E-state index contributed by atoms with van der Waals surface area (Å²) in [5.41, 5.74) is 4.62. The van der Waals surface area contributed by atoms with Crippen LogP contribution < -0.4 is 5.32 Å². The number of rotatable bonds is 12. The van der Waals surface area contributed by atoms with Gasteiger partial charge in [0.05, 0.1) is 17.4 Å². The highest BCUT2D eigenvalue weighted by atomic mass is 16.4. The molecule has 1 heterocycles. The molecular formula is C37H37N3O3. The van der Waals surface area contributed by atoms with Crippen molar-refractivity contribution in [3.8, 4) is 0 Å². The summed E-state index contributed by atoms with van der Waals surface area (Å²) in [7, 11) is 0. The van der Waals surface area contributed by atoms with Crippen molar-refractivity contribution >= 4 is 23.3 Å². The van der Waals surface area contributed by atoms with E-state index in [2.05, 4.69) is 28.9 Å². The van der Waals surface area contributed by atoms with Gasteiger partial charge in [-0.3, -0.25) is 14.7 Å². The van der Waals surface area contributed by atoms with E-state index in [1.54, 1.807) is 6.08 Å². The summed E-state index contributed by atoms with van der Waals surface area (Å²) in [5, 5.41) is 13.6.